The topological polar surface area (TPSA) is 97.8 Å². The molecule has 1 fully saturated rings. The summed E-state index contributed by atoms with van der Waals surface area (Å²) in [4.78, 5) is 24.4. The van der Waals surface area contributed by atoms with Crippen LogP contribution in [0.4, 0.5) is 11.6 Å². The van der Waals surface area contributed by atoms with Gasteiger partial charge < -0.3 is 24.8 Å². The van der Waals surface area contributed by atoms with E-state index in [9.17, 15) is 4.79 Å². The SMILES string of the molecule is COc1ccc(C(CNC(=O)c2cc(Nc3nc(C)cc(C)n3)ccc2Cl)N2CCOCC2)cc1OC. The van der Waals surface area contributed by atoms with E-state index in [-0.39, 0.29) is 11.9 Å². The molecule has 4 rings (SSSR count). The fourth-order valence-electron chi connectivity index (χ4n) is 4.38. The summed E-state index contributed by atoms with van der Waals surface area (Å²) >= 11 is 6.42. The summed E-state index contributed by atoms with van der Waals surface area (Å²) in [5.74, 6) is 1.49. The van der Waals surface area contributed by atoms with Crippen LogP contribution in [0.2, 0.25) is 5.02 Å². The third-order valence-corrected chi connectivity index (χ3v) is 6.51. The molecular weight excluding hydrogens is 494 g/mol. The van der Waals surface area contributed by atoms with Gasteiger partial charge >= 0.3 is 0 Å². The molecule has 1 aliphatic rings. The molecule has 3 aromatic rings. The van der Waals surface area contributed by atoms with Gasteiger partial charge in [-0.2, -0.15) is 0 Å². The van der Waals surface area contributed by atoms with Gasteiger partial charge in [0.15, 0.2) is 11.5 Å². The van der Waals surface area contributed by atoms with Crippen molar-refractivity contribution in [2.75, 3.05) is 52.4 Å². The Labute approximate surface area is 222 Å². The number of methoxy groups -OCH3 is 2. The van der Waals surface area contributed by atoms with E-state index >= 15 is 0 Å². The number of anilines is 2. The first kappa shape index (κ1) is 26.7. The fourth-order valence-corrected chi connectivity index (χ4v) is 4.58. The van der Waals surface area contributed by atoms with Crippen LogP contribution in [0.25, 0.3) is 0 Å². The number of aromatic nitrogens is 2. The maximum atomic E-state index is 13.3. The van der Waals surface area contributed by atoms with Gasteiger partial charge in [0.1, 0.15) is 0 Å². The maximum absolute atomic E-state index is 13.3. The van der Waals surface area contributed by atoms with Gasteiger partial charge in [0.25, 0.3) is 5.91 Å². The van der Waals surface area contributed by atoms with Crippen molar-refractivity contribution >= 4 is 29.1 Å². The van der Waals surface area contributed by atoms with Crippen LogP contribution >= 0.6 is 11.6 Å². The van der Waals surface area contributed by atoms with Crippen LogP contribution in [-0.2, 0) is 4.74 Å². The summed E-state index contributed by atoms with van der Waals surface area (Å²) in [6, 6.07) is 12.8. The molecule has 1 atom stereocenters. The van der Waals surface area contributed by atoms with Crippen molar-refractivity contribution in [2.24, 2.45) is 0 Å². The molecule has 0 bridgehead atoms. The number of hydrogen-bond donors (Lipinski definition) is 2. The van der Waals surface area contributed by atoms with Crippen LogP contribution in [0.1, 0.15) is 33.4 Å². The van der Waals surface area contributed by atoms with E-state index in [1.54, 1.807) is 32.4 Å². The molecule has 1 amide bonds. The Balaban J connectivity index is 1.53. The van der Waals surface area contributed by atoms with Crippen LogP contribution < -0.4 is 20.1 Å². The predicted octanol–water partition coefficient (Wildman–Crippen LogP) is 4.31. The average molecular weight is 526 g/mol. The Morgan fingerprint density at radius 1 is 1.03 bits per heavy atom. The summed E-state index contributed by atoms with van der Waals surface area (Å²) < 4.78 is 16.5. The number of benzene rings is 2. The molecule has 2 heterocycles. The lowest BCUT2D eigenvalue weighted by Gasteiger charge is -2.35. The van der Waals surface area contributed by atoms with Gasteiger partial charge in [-0.3, -0.25) is 9.69 Å². The number of aryl methyl sites for hydroxylation is 2. The minimum absolute atomic E-state index is 0.0867. The molecule has 37 heavy (non-hydrogen) atoms. The van der Waals surface area contributed by atoms with Crippen molar-refractivity contribution < 1.29 is 19.0 Å². The number of rotatable bonds is 9. The van der Waals surface area contributed by atoms with Crippen LogP contribution in [-0.4, -0.2) is 67.8 Å². The molecule has 196 valence electrons. The molecule has 10 heteroatoms. The highest BCUT2D eigenvalue weighted by molar-refractivity contribution is 6.34. The lowest BCUT2D eigenvalue weighted by atomic mass is 10.0. The predicted molar refractivity (Wildman–Crippen MR) is 143 cm³/mol. The number of nitrogens with one attached hydrogen (secondary N) is 2. The summed E-state index contributed by atoms with van der Waals surface area (Å²) in [6.07, 6.45) is 0. The standard InChI is InChI=1S/C27H32ClN5O4/c1-17-13-18(2)31-27(30-17)32-20-6-7-22(28)21(15-20)26(34)29-16-23(33-9-11-37-12-10-33)19-5-8-24(35-3)25(14-19)36-4/h5-8,13-15,23H,9-12,16H2,1-4H3,(H,29,34)(H,30,31,32). The normalized spacial score (nSPS) is 14.6. The zero-order valence-corrected chi connectivity index (χ0v) is 22.3. The Hall–Kier alpha value is -3.40. The Morgan fingerprint density at radius 3 is 2.41 bits per heavy atom. The van der Waals surface area contributed by atoms with Gasteiger partial charge in [0, 0.05) is 36.7 Å². The molecular formula is C27H32ClN5O4. The number of morpholine rings is 1. The van der Waals surface area contributed by atoms with Crippen LogP contribution in [0.15, 0.2) is 42.5 Å². The second-order valence-corrected chi connectivity index (χ2v) is 9.19. The van der Waals surface area contributed by atoms with Crippen molar-refractivity contribution in [1.82, 2.24) is 20.2 Å². The lowest BCUT2D eigenvalue weighted by molar-refractivity contribution is 0.0162. The molecule has 1 saturated heterocycles. The highest BCUT2D eigenvalue weighted by atomic mass is 35.5. The average Bonchev–Trinajstić information content (AvgIpc) is 2.89. The summed E-state index contributed by atoms with van der Waals surface area (Å²) in [6.45, 7) is 6.97. The van der Waals surface area contributed by atoms with Crippen LogP contribution in [0, 0.1) is 13.8 Å². The zero-order chi connectivity index (χ0) is 26.4. The highest BCUT2D eigenvalue weighted by Crippen LogP contribution is 2.32. The molecule has 2 N–H and O–H groups in total. The zero-order valence-electron chi connectivity index (χ0n) is 21.5. The number of nitrogens with zero attached hydrogens (tertiary/aromatic N) is 3. The van der Waals surface area contributed by atoms with E-state index in [1.807, 2.05) is 38.1 Å². The van der Waals surface area contributed by atoms with Crippen molar-refractivity contribution in [1.29, 1.82) is 0 Å². The highest BCUT2D eigenvalue weighted by Gasteiger charge is 2.25. The molecule has 0 aliphatic carbocycles. The third kappa shape index (κ3) is 6.68. The van der Waals surface area contributed by atoms with E-state index in [4.69, 9.17) is 25.8 Å². The van der Waals surface area contributed by atoms with E-state index in [2.05, 4.69) is 25.5 Å². The second kappa shape index (κ2) is 12.2. The Kier molecular flexibility index (Phi) is 8.81. The molecule has 9 nitrogen and oxygen atoms in total. The van der Waals surface area contributed by atoms with Gasteiger partial charge in [0.2, 0.25) is 5.95 Å². The van der Waals surface area contributed by atoms with Crippen molar-refractivity contribution in [2.45, 2.75) is 19.9 Å². The first-order chi connectivity index (χ1) is 17.9. The Bertz CT molecular complexity index is 1230. The molecule has 0 radical (unpaired) electrons. The van der Waals surface area contributed by atoms with E-state index in [0.717, 1.165) is 30.0 Å². The molecule has 1 aliphatic heterocycles. The molecule has 0 spiro atoms. The minimum atomic E-state index is -0.270. The monoisotopic (exact) mass is 525 g/mol. The number of halogens is 1. The minimum Gasteiger partial charge on any atom is -0.493 e. The first-order valence-electron chi connectivity index (χ1n) is 12.1. The van der Waals surface area contributed by atoms with E-state index < -0.39 is 0 Å². The number of hydrogen-bond acceptors (Lipinski definition) is 8. The van der Waals surface area contributed by atoms with Gasteiger partial charge in [-0.1, -0.05) is 17.7 Å². The summed E-state index contributed by atoms with van der Waals surface area (Å²) in [5.41, 5.74) is 3.75. The number of ether oxygens (including phenoxy) is 3. The van der Waals surface area contributed by atoms with Gasteiger partial charge in [-0.05, 0) is 55.8 Å². The number of carbonyl (C=O) groups excluding carboxylic acids is 1. The quantitative estimate of drug-likeness (QED) is 0.426. The number of amides is 1. The largest absolute Gasteiger partial charge is 0.493 e. The lowest BCUT2D eigenvalue weighted by Crippen LogP contribution is -2.43. The molecule has 1 aromatic heterocycles. The van der Waals surface area contributed by atoms with Crippen LogP contribution in [0.3, 0.4) is 0 Å². The van der Waals surface area contributed by atoms with E-state index in [1.165, 1.54) is 0 Å². The third-order valence-electron chi connectivity index (χ3n) is 6.18. The fraction of sp³-hybridized carbons (Fsp3) is 0.370. The number of carbonyl (C=O) groups is 1. The molecule has 0 saturated carbocycles. The summed E-state index contributed by atoms with van der Waals surface area (Å²) in [5, 5.41) is 6.60. The summed E-state index contributed by atoms with van der Waals surface area (Å²) in [7, 11) is 3.22. The van der Waals surface area contributed by atoms with Crippen LogP contribution in [0.5, 0.6) is 11.5 Å². The van der Waals surface area contributed by atoms with E-state index in [0.29, 0.717) is 53.5 Å². The maximum Gasteiger partial charge on any atom is 0.252 e. The second-order valence-electron chi connectivity index (χ2n) is 8.78. The molecule has 1 unspecified atom stereocenters. The smallest absolute Gasteiger partial charge is 0.252 e. The van der Waals surface area contributed by atoms with Gasteiger partial charge in [-0.15, -0.1) is 0 Å². The Morgan fingerprint density at radius 2 is 1.73 bits per heavy atom. The molecule has 2 aromatic carbocycles. The van der Waals surface area contributed by atoms with Crippen molar-refractivity contribution in [3.63, 3.8) is 0 Å². The first-order valence-corrected chi connectivity index (χ1v) is 12.5. The van der Waals surface area contributed by atoms with Gasteiger partial charge in [-0.25, -0.2) is 9.97 Å². The van der Waals surface area contributed by atoms with Crippen molar-refractivity contribution in [3.8, 4) is 11.5 Å². The van der Waals surface area contributed by atoms with Crippen molar-refractivity contribution in [3.05, 3.63) is 70.0 Å². The van der Waals surface area contributed by atoms with Gasteiger partial charge in [0.05, 0.1) is 44.1 Å².